The number of rotatable bonds is 6. The topological polar surface area (TPSA) is 29.1 Å². The Kier molecular flexibility index (Phi) is 6.65. The Morgan fingerprint density at radius 1 is 0.759 bits per heavy atom. The average molecular weight is 469 g/mol. The Morgan fingerprint density at radius 2 is 1.10 bits per heavy atom. The molecule has 29 heavy (non-hydrogen) atoms. The van der Waals surface area contributed by atoms with E-state index in [4.69, 9.17) is 34.4 Å². The Bertz CT molecular complexity index is 926. The fourth-order valence-corrected chi connectivity index (χ4v) is 10.7. The standard InChI is InChI=1S/C22H18Cl3FNOP/c23-21(24)22(27-20(28)16-26)29(25,17-10-4-1-5-11-17,18-12-6-2-7-13-18)19-14-8-3-9-15-19/h1-15H,16H2,(H,27,28). The van der Waals surface area contributed by atoms with E-state index < -0.39 is 18.5 Å². The molecule has 3 rings (SSSR count). The van der Waals surface area contributed by atoms with E-state index in [2.05, 4.69) is 5.32 Å². The number of amides is 1. The molecule has 0 aliphatic heterocycles. The summed E-state index contributed by atoms with van der Waals surface area (Å²) < 4.78 is 13.0. The van der Waals surface area contributed by atoms with Gasteiger partial charge in [0.15, 0.2) is 0 Å². The van der Waals surface area contributed by atoms with Crippen LogP contribution in [0.1, 0.15) is 0 Å². The van der Waals surface area contributed by atoms with E-state index in [0.717, 1.165) is 0 Å². The van der Waals surface area contributed by atoms with Crippen LogP contribution in [-0.2, 0) is 4.79 Å². The third-order valence-corrected chi connectivity index (χ3v) is 12.6. The van der Waals surface area contributed by atoms with Crippen molar-refractivity contribution in [3.05, 3.63) is 101 Å². The first-order valence-corrected chi connectivity index (χ1v) is 12.6. The number of nitrogens with one attached hydrogen (secondary N) is 1. The van der Waals surface area contributed by atoms with Gasteiger partial charge < -0.3 is 0 Å². The van der Waals surface area contributed by atoms with E-state index in [9.17, 15) is 9.18 Å². The Labute approximate surface area is 184 Å². The number of hydrogen-bond acceptors (Lipinski definition) is 1. The van der Waals surface area contributed by atoms with E-state index in [0.29, 0.717) is 15.9 Å². The molecular formula is C22H18Cl3FNOP. The van der Waals surface area contributed by atoms with Gasteiger partial charge in [-0.2, -0.15) is 0 Å². The fourth-order valence-electron chi connectivity index (χ4n) is 3.43. The van der Waals surface area contributed by atoms with Crippen LogP contribution >= 0.6 is 40.4 Å². The van der Waals surface area contributed by atoms with E-state index in [1.807, 2.05) is 91.0 Å². The van der Waals surface area contributed by atoms with Crippen LogP contribution in [0.25, 0.3) is 0 Å². The van der Waals surface area contributed by atoms with Crippen molar-refractivity contribution in [2.45, 2.75) is 0 Å². The van der Waals surface area contributed by atoms with Gasteiger partial charge in [-0.3, -0.25) is 0 Å². The first-order chi connectivity index (χ1) is 13.9. The molecule has 0 radical (unpaired) electrons. The van der Waals surface area contributed by atoms with Gasteiger partial charge in [0.05, 0.1) is 0 Å². The summed E-state index contributed by atoms with van der Waals surface area (Å²) in [5.41, 5.74) is 0.0900. The van der Waals surface area contributed by atoms with Crippen molar-refractivity contribution in [3.63, 3.8) is 0 Å². The predicted octanol–water partition coefficient (Wildman–Crippen LogP) is 5.36. The van der Waals surface area contributed by atoms with Crippen molar-refractivity contribution in [1.29, 1.82) is 0 Å². The van der Waals surface area contributed by atoms with Crippen LogP contribution in [0.2, 0.25) is 0 Å². The summed E-state index contributed by atoms with van der Waals surface area (Å²) in [6.07, 6.45) is 0. The second kappa shape index (κ2) is 8.85. The number of carbonyl (C=O) groups is 1. The van der Waals surface area contributed by atoms with Crippen LogP contribution in [0, 0.1) is 0 Å². The Morgan fingerprint density at radius 3 is 1.38 bits per heavy atom. The van der Waals surface area contributed by atoms with Gasteiger partial charge in [0, 0.05) is 0 Å². The third kappa shape index (κ3) is 3.69. The van der Waals surface area contributed by atoms with Crippen molar-refractivity contribution >= 4 is 62.2 Å². The summed E-state index contributed by atoms with van der Waals surface area (Å²) in [6, 6.07) is 27.9. The fraction of sp³-hybridized carbons (Fsp3) is 0.0455. The first-order valence-electron chi connectivity index (χ1n) is 8.75. The molecule has 7 heteroatoms. The zero-order valence-corrected chi connectivity index (χ0v) is 18.4. The molecule has 0 heterocycles. The molecule has 0 spiro atoms. The summed E-state index contributed by atoms with van der Waals surface area (Å²) in [5.74, 6) is -5.01. The molecule has 1 amide bonds. The van der Waals surface area contributed by atoms with E-state index in [1.54, 1.807) is 0 Å². The summed E-state index contributed by atoms with van der Waals surface area (Å²) in [4.78, 5) is 12.1. The number of carbonyl (C=O) groups excluding carboxylic acids is 1. The summed E-state index contributed by atoms with van der Waals surface area (Å²) >= 11 is 20.5. The zero-order valence-electron chi connectivity index (χ0n) is 15.2. The van der Waals surface area contributed by atoms with E-state index in [1.165, 1.54) is 0 Å². The van der Waals surface area contributed by atoms with Gasteiger partial charge in [-0.25, -0.2) is 0 Å². The van der Waals surface area contributed by atoms with Crippen LogP contribution < -0.4 is 21.2 Å². The average Bonchev–Trinajstić information content (AvgIpc) is 2.78. The van der Waals surface area contributed by atoms with Crippen molar-refractivity contribution in [2.75, 3.05) is 6.67 Å². The normalized spacial score (nSPS) is 12.5. The molecule has 1 N–H and O–H groups in total. The molecule has 150 valence electrons. The number of hydrogen-bond donors (Lipinski definition) is 1. The van der Waals surface area contributed by atoms with Gasteiger partial charge in [-0.1, -0.05) is 0 Å². The maximum atomic E-state index is 13.2. The number of halogens is 4. The molecule has 0 unspecified atom stereocenters. The molecule has 0 saturated carbocycles. The van der Waals surface area contributed by atoms with Crippen molar-refractivity contribution in [3.8, 4) is 0 Å². The minimum atomic E-state index is -4.13. The van der Waals surface area contributed by atoms with Crippen molar-refractivity contribution < 1.29 is 9.18 Å². The van der Waals surface area contributed by atoms with Crippen LogP contribution in [0.15, 0.2) is 101 Å². The summed E-state index contributed by atoms with van der Waals surface area (Å²) in [6.45, 7) is -1.23. The SMILES string of the molecule is O=C(CF)NC(=C(Cl)Cl)P(Cl)(c1ccccc1)(c1ccccc1)c1ccccc1. The number of alkyl halides is 1. The minimum absolute atomic E-state index is 0.0900. The maximum absolute atomic E-state index is 13.2. The molecule has 0 bridgehead atoms. The monoisotopic (exact) mass is 467 g/mol. The quantitative estimate of drug-likeness (QED) is 0.485. The molecule has 0 aliphatic carbocycles. The molecule has 0 fully saturated rings. The van der Waals surface area contributed by atoms with Crippen LogP contribution in [0.5, 0.6) is 0 Å². The molecule has 0 saturated heterocycles. The molecule has 2 nitrogen and oxygen atoms in total. The van der Waals surface area contributed by atoms with Gasteiger partial charge in [-0.05, 0) is 0 Å². The molecule has 0 aromatic heterocycles. The third-order valence-electron chi connectivity index (χ3n) is 4.70. The van der Waals surface area contributed by atoms with E-state index in [-0.39, 0.29) is 9.93 Å². The van der Waals surface area contributed by atoms with Gasteiger partial charge in [-0.15, -0.1) is 0 Å². The molecule has 0 atom stereocenters. The van der Waals surface area contributed by atoms with Gasteiger partial charge >= 0.3 is 184 Å². The van der Waals surface area contributed by atoms with Crippen molar-refractivity contribution in [2.24, 2.45) is 0 Å². The van der Waals surface area contributed by atoms with E-state index >= 15 is 0 Å². The van der Waals surface area contributed by atoms with Crippen LogP contribution in [0.3, 0.4) is 0 Å². The van der Waals surface area contributed by atoms with Gasteiger partial charge in [0.1, 0.15) is 0 Å². The molecule has 0 aliphatic rings. The van der Waals surface area contributed by atoms with Gasteiger partial charge in [0.25, 0.3) is 0 Å². The first kappa shape index (κ1) is 21.8. The number of benzene rings is 3. The zero-order chi connectivity index (χ0) is 20.9. The molecule has 3 aromatic carbocycles. The second-order valence-corrected chi connectivity index (χ2v) is 13.3. The molecular weight excluding hydrogens is 451 g/mol. The summed E-state index contributed by atoms with van der Waals surface area (Å²) in [5, 5.41) is 4.71. The molecule has 3 aromatic rings. The van der Waals surface area contributed by atoms with Crippen LogP contribution in [0.4, 0.5) is 4.39 Å². The van der Waals surface area contributed by atoms with Crippen molar-refractivity contribution in [1.82, 2.24) is 5.32 Å². The Hall–Kier alpha value is -1.90. The Balaban J connectivity index is 2.55. The predicted molar refractivity (Wildman–Crippen MR) is 124 cm³/mol. The second-order valence-electron chi connectivity index (χ2n) is 6.31. The van der Waals surface area contributed by atoms with Gasteiger partial charge in [0.2, 0.25) is 0 Å². The van der Waals surface area contributed by atoms with Crippen LogP contribution in [-0.4, -0.2) is 12.6 Å². The summed E-state index contributed by atoms with van der Waals surface area (Å²) in [7, 11) is 0.